The molecule has 0 spiro atoms. The first-order valence-corrected chi connectivity index (χ1v) is 6.85. The van der Waals surface area contributed by atoms with Crippen LogP contribution in [0, 0.1) is 5.92 Å². The summed E-state index contributed by atoms with van der Waals surface area (Å²) in [7, 11) is 0. The molecule has 0 aromatic rings. The van der Waals surface area contributed by atoms with Crippen molar-refractivity contribution in [2.24, 2.45) is 5.92 Å². The van der Waals surface area contributed by atoms with Crippen LogP contribution < -0.4 is 0 Å². The molecule has 1 N–H and O–H groups in total. The Morgan fingerprint density at radius 3 is 3.00 bits per heavy atom. The van der Waals surface area contributed by atoms with Crippen LogP contribution in [0.15, 0.2) is 23.8 Å². The monoisotopic (exact) mass is 264 g/mol. The standard InChI is InChI=1S/C15H20O4/c1-8-5-4-6-15(3)13(19-15)12-10(7-11(8)16)9(2)14(17)18-12/h5,10-13,16H,2,4,6-7H2,1,3H3/b8-5-/t10-,11-,12-,13-,15-/m0/s1. The number of fused-ring (bicyclic) bond motifs is 3. The number of aliphatic hydroxyl groups excluding tert-OH is 1. The highest BCUT2D eigenvalue weighted by Gasteiger charge is 2.61. The number of hydrogen-bond donors (Lipinski definition) is 1. The molecule has 0 aromatic heterocycles. The van der Waals surface area contributed by atoms with E-state index in [-0.39, 0.29) is 29.7 Å². The summed E-state index contributed by atoms with van der Waals surface area (Å²) in [6, 6.07) is 0. The number of carbonyl (C=O) groups excluding carboxylic acids is 1. The van der Waals surface area contributed by atoms with Crippen molar-refractivity contribution in [3.8, 4) is 0 Å². The van der Waals surface area contributed by atoms with Gasteiger partial charge in [-0.15, -0.1) is 0 Å². The Labute approximate surface area is 113 Å². The minimum Gasteiger partial charge on any atom is -0.455 e. The number of carbonyl (C=O) groups is 1. The molecule has 0 bridgehead atoms. The quantitative estimate of drug-likeness (QED) is 0.313. The van der Waals surface area contributed by atoms with Crippen LogP contribution in [0.4, 0.5) is 0 Å². The smallest absolute Gasteiger partial charge is 0.334 e. The maximum atomic E-state index is 11.7. The Morgan fingerprint density at radius 2 is 2.26 bits per heavy atom. The van der Waals surface area contributed by atoms with Gasteiger partial charge in [-0.25, -0.2) is 4.79 Å². The Hall–Kier alpha value is -1.13. The van der Waals surface area contributed by atoms with Gasteiger partial charge in [0.15, 0.2) is 0 Å². The molecule has 0 unspecified atom stereocenters. The van der Waals surface area contributed by atoms with E-state index in [1.54, 1.807) is 0 Å². The molecule has 104 valence electrons. The van der Waals surface area contributed by atoms with Crippen molar-refractivity contribution in [3.05, 3.63) is 23.8 Å². The van der Waals surface area contributed by atoms with E-state index in [0.29, 0.717) is 12.0 Å². The lowest BCUT2D eigenvalue weighted by atomic mass is 9.83. The minimum atomic E-state index is -0.540. The number of esters is 1. The second-order valence-electron chi connectivity index (χ2n) is 6.09. The maximum Gasteiger partial charge on any atom is 0.334 e. The predicted molar refractivity (Wildman–Crippen MR) is 69.4 cm³/mol. The zero-order chi connectivity index (χ0) is 13.8. The largest absolute Gasteiger partial charge is 0.455 e. The van der Waals surface area contributed by atoms with Gasteiger partial charge in [0, 0.05) is 11.5 Å². The van der Waals surface area contributed by atoms with Crippen molar-refractivity contribution >= 4 is 5.97 Å². The van der Waals surface area contributed by atoms with Crippen LogP contribution >= 0.6 is 0 Å². The van der Waals surface area contributed by atoms with Gasteiger partial charge in [0.2, 0.25) is 0 Å². The fourth-order valence-electron chi connectivity index (χ4n) is 3.20. The fourth-order valence-corrected chi connectivity index (χ4v) is 3.20. The van der Waals surface area contributed by atoms with E-state index >= 15 is 0 Å². The second-order valence-corrected chi connectivity index (χ2v) is 6.09. The first-order valence-electron chi connectivity index (χ1n) is 6.85. The molecule has 19 heavy (non-hydrogen) atoms. The molecule has 1 aliphatic carbocycles. The molecule has 4 heteroatoms. The summed E-state index contributed by atoms with van der Waals surface area (Å²) >= 11 is 0. The van der Waals surface area contributed by atoms with E-state index < -0.39 is 6.10 Å². The average molecular weight is 264 g/mol. The number of ether oxygens (including phenoxy) is 2. The maximum absolute atomic E-state index is 11.7. The van der Waals surface area contributed by atoms with Crippen molar-refractivity contribution in [2.75, 3.05) is 0 Å². The van der Waals surface area contributed by atoms with E-state index in [4.69, 9.17) is 9.47 Å². The van der Waals surface area contributed by atoms with Crippen molar-refractivity contribution in [1.29, 1.82) is 0 Å². The minimum absolute atomic E-state index is 0.0558. The van der Waals surface area contributed by atoms with Gasteiger partial charge in [0.25, 0.3) is 0 Å². The summed E-state index contributed by atoms with van der Waals surface area (Å²) in [5.74, 6) is -0.489. The predicted octanol–water partition coefficient (Wildman–Crippen LogP) is 1.73. The fraction of sp³-hybridized carbons (Fsp3) is 0.667. The SMILES string of the molecule is C=C1C(=O)O[C@H]2[C@H]1C[C@H](O)/C(C)=C\CC[C@]1(C)O[C@@H]21. The Kier molecular flexibility index (Phi) is 2.84. The highest BCUT2D eigenvalue weighted by molar-refractivity contribution is 5.91. The van der Waals surface area contributed by atoms with Gasteiger partial charge in [-0.05, 0) is 38.7 Å². The third-order valence-electron chi connectivity index (χ3n) is 4.70. The van der Waals surface area contributed by atoms with Gasteiger partial charge in [0.05, 0.1) is 11.7 Å². The molecular formula is C15H20O4. The van der Waals surface area contributed by atoms with Gasteiger partial charge in [-0.3, -0.25) is 0 Å². The van der Waals surface area contributed by atoms with Crippen molar-refractivity contribution in [1.82, 2.24) is 0 Å². The molecule has 3 rings (SSSR count). The zero-order valence-electron chi connectivity index (χ0n) is 11.4. The topological polar surface area (TPSA) is 59.1 Å². The van der Waals surface area contributed by atoms with Gasteiger partial charge < -0.3 is 14.6 Å². The first-order chi connectivity index (χ1) is 8.92. The highest BCUT2D eigenvalue weighted by atomic mass is 16.6. The van der Waals surface area contributed by atoms with Gasteiger partial charge in [-0.1, -0.05) is 12.7 Å². The van der Waals surface area contributed by atoms with Gasteiger partial charge >= 0.3 is 5.97 Å². The molecule has 4 nitrogen and oxygen atoms in total. The average Bonchev–Trinajstić information content (AvgIpc) is 2.95. The van der Waals surface area contributed by atoms with Crippen LogP contribution in [0.1, 0.15) is 33.1 Å². The molecule has 0 amide bonds. The van der Waals surface area contributed by atoms with E-state index in [2.05, 4.69) is 19.6 Å². The van der Waals surface area contributed by atoms with Crippen LogP contribution in [-0.2, 0) is 14.3 Å². The lowest BCUT2D eigenvalue weighted by Crippen LogP contribution is -2.31. The van der Waals surface area contributed by atoms with Crippen LogP contribution in [0.25, 0.3) is 0 Å². The number of rotatable bonds is 0. The lowest BCUT2D eigenvalue weighted by molar-refractivity contribution is -0.140. The van der Waals surface area contributed by atoms with Crippen molar-refractivity contribution in [2.45, 2.75) is 57.0 Å². The molecule has 0 radical (unpaired) electrons. The molecule has 0 aromatic carbocycles. The summed E-state index contributed by atoms with van der Waals surface area (Å²) in [6.45, 7) is 7.81. The summed E-state index contributed by atoms with van der Waals surface area (Å²) in [5, 5.41) is 10.2. The second kappa shape index (κ2) is 4.18. The van der Waals surface area contributed by atoms with Crippen LogP contribution in [-0.4, -0.2) is 35.0 Å². The molecule has 2 aliphatic heterocycles. The Morgan fingerprint density at radius 1 is 1.53 bits per heavy atom. The molecule has 0 saturated carbocycles. The highest BCUT2D eigenvalue weighted by Crippen LogP contribution is 2.49. The number of allylic oxidation sites excluding steroid dienone is 1. The van der Waals surface area contributed by atoms with Crippen LogP contribution in [0.5, 0.6) is 0 Å². The third-order valence-corrected chi connectivity index (χ3v) is 4.70. The van der Waals surface area contributed by atoms with Crippen LogP contribution in [0.3, 0.4) is 0 Å². The molecule has 3 aliphatic rings. The Balaban J connectivity index is 1.91. The normalized spacial score (nSPS) is 48.7. The van der Waals surface area contributed by atoms with Gasteiger partial charge in [0.1, 0.15) is 12.2 Å². The summed E-state index contributed by atoms with van der Waals surface area (Å²) in [4.78, 5) is 11.7. The third kappa shape index (κ3) is 2.03. The lowest BCUT2D eigenvalue weighted by Gasteiger charge is -2.22. The first kappa shape index (κ1) is 12.9. The molecular weight excluding hydrogens is 244 g/mol. The van der Waals surface area contributed by atoms with Crippen molar-refractivity contribution < 1.29 is 19.4 Å². The number of epoxide rings is 1. The summed E-state index contributed by atoms with van der Waals surface area (Å²) in [5.41, 5.74) is 1.22. The summed E-state index contributed by atoms with van der Waals surface area (Å²) in [6.07, 6.45) is 3.42. The Bertz CT molecular complexity index is 467. The molecule has 5 atom stereocenters. The molecule has 2 saturated heterocycles. The van der Waals surface area contributed by atoms with Crippen molar-refractivity contribution in [3.63, 3.8) is 0 Å². The number of aliphatic hydroxyl groups is 1. The molecule has 2 heterocycles. The van der Waals surface area contributed by atoms with E-state index in [9.17, 15) is 9.90 Å². The van der Waals surface area contributed by atoms with Gasteiger partial charge in [-0.2, -0.15) is 0 Å². The van der Waals surface area contributed by atoms with E-state index in [1.807, 2.05) is 6.92 Å². The van der Waals surface area contributed by atoms with E-state index in [1.165, 1.54) is 0 Å². The van der Waals surface area contributed by atoms with E-state index in [0.717, 1.165) is 18.4 Å². The number of hydrogen-bond acceptors (Lipinski definition) is 4. The zero-order valence-corrected chi connectivity index (χ0v) is 11.4. The molecule has 2 fully saturated rings. The summed E-state index contributed by atoms with van der Waals surface area (Å²) < 4.78 is 11.2. The van der Waals surface area contributed by atoms with Crippen LogP contribution in [0.2, 0.25) is 0 Å².